The Bertz CT molecular complexity index is 1940. The number of carboxylic acid groups (broad SMARTS) is 1. The van der Waals surface area contributed by atoms with Crippen molar-refractivity contribution in [2.75, 3.05) is 7.11 Å². The van der Waals surface area contributed by atoms with Gasteiger partial charge in [0.1, 0.15) is 28.5 Å². The van der Waals surface area contributed by atoms with E-state index in [0.29, 0.717) is 52.3 Å². The lowest BCUT2D eigenvalue weighted by atomic mass is 9.94. The highest BCUT2D eigenvalue weighted by Crippen LogP contribution is 2.51. The van der Waals surface area contributed by atoms with Crippen molar-refractivity contribution >= 4 is 27.5 Å². The van der Waals surface area contributed by atoms with E-state index < -0.39 is 34.5 Å². The number of aryl methyl sites for hydroxylation is 1. The average Bonchev–Trinajstić information content (AvgIpc) is 3.78. The Morgan fingerprint density at radius 2 is 1.96 bits per heavy atom. The number of rotatable bonds is 10. The molecule has 2 aliphatic carbocycles. The molecule has 0 bridgehead atoms. The van der Waals surface area contributed by atoms with Crippen LogP contribution in [0.2, 0.25) is 0 Å². The van der Waals surface area contributed by atoms with Crippen LogP contribution >= 0.6 is 11.3 Å². The van der Waals surface area contributed by atoms with Crippen LogP contribution in [0.25, 0.3) is 21.0 Å². The first-order chi connectivity index (χ1) is 21.9. The number of benzene rings is 1. The second-order valence-electron chi connectivity index (χ2n) is 12.9. The van der Waals surface area contributed by atoms with Gasteiger partial charge in [-0.3, -0.25) is 9.36 Å². The van der Waals surface area contributed by atoms with E-state index in [0.717, 1.165) is 4.57 Å². The van der Waals surface area contributed by atoms with Crippen molar-refractivity contribution in [3.63, 3.8) is 0 Å². The van der Waals surface area contributed by atoms with Crippen molar-refractivity contribution in [3.05, 3.63) is 68.7 Å². The number of para-hydroxylation sites is 1. The van der Waals surface area contributed by atoms with Gasteiger partial charge in [0.05, 0.1) is 54.3 Å². The second kappa shape index (κ2) is 11.8. The van der Waals surface area contributed by atoms with Gasteiger partial charge in [-0.05, 0) is 69.9 Å². The summed E-state index contributed by atoms with van der Waals surface area (Å²) in [5.41, 5.74) is -3.10. The molecule has 12 nitrogen and oxygen atoms in total. The molecular formula is C33H36N4O8S. The fourth-order valence-corrected chi connectivity index (χ4v) is 8.54. The summed E-state index contributed by atoms with van der Waals surface area (Å²) in [7, 11) is 1.55. The summed E-state index contributed by atoms with van der Waals surface area (Å²) in [6.45, 7) is 4.33. The predicted molar refractivity (Wildman–Crippen MR) is 169 cm³/mol. The SMILES string of the molecule is COc1ccccc1C(Cn1c(=O)n(C(C)(C)C(=O)O)c(=O)c2c(C)c(-c3ncco3)sc21)OC1CC2CC(O)(CC#N)CC2C1. The van der Waals surface area contributed by atoms with Gasteiger partial charge in [0.15, 0.2) is 0 Å². The van der Waals surface area contributed by atoms with Crippen molar-refractivity contribution in [2.24, 2.45) is 11.8 Å². The molecule has 6 rings (SSSR count). The second-order valence-corrected chi connectivity index (χ2v) is 13.9. The molecule has 2 N–H and O–H groups in total. The third kappa shape index (κ3) is 5.34. The third-order valence-corrected chi connectivity index (χ3v) is 10.9. The first kappa shape index (κ1) is 31.7. The molecule has 3 unspecified atom stereocenters. The Labute approximate surface area is 268 Å². The molecule has 46 heavy (non-hydrogen) atoms. The maximum atomic E-state index is 14.3. The highest BCUT2D eigenvalue weighted by Gasteiger charge is 2.49. The molecule has 4 aromatic rings. The number of carboxylic acids is 1. The van der Waals surface area contributed by atoms with Gasteiger partial charge in [-0.15, -0.1) is 11.3 Å². The van der Waals surface area contributed by atoms with Gasteiger partial charge in [-0.1, -0.05) is 18.2 Å². The van der Waals surface area contributed by atoms with Gasteiger partial charge < -0.3 is 24.1 Å². The smallest absolute Gasteiger partial charge is 0.333 e. The zero-order valence-corrected chi connectivity index (χ0v) is 26.9. The molecule has 242 valence electrons. The lowest BCUT2D eigenvalue weighted by Gasteiger charge is -2.28. The van der Waals surface area contributed by atoms with E-state index in [9.17, 15) is 29.9 Å². The molecule has 13 heteroatoms. The number of oxazole rings is 1. The number of fused-ring (bicyclic) bond motifs is 2. The Morgan fingerprint density at radius 1 is 1.26 bits per heavy atom. The van der Waals surface area contributed by atoms with Crippen molar-refractivity contribution in [1.82, 2.24) is 14.1 Å². The number of hydrogen-bond donors (Lipinski definition) is 2. The first-order valence-corrected chi connectivity index (χ1v) is 16.0. The summed E-state index contributed by atoms with van der Waals surface area (Å²) in [6.07, 6.45) is 4.55. The highest BCUT2D eigenvalue weighted by atomic mass is 32.1. The standard InChI is InChI=1S/C33H36N4O8S/c1-18-25-28(38)37(32(2,3)30(39)40)31(41)36(29(25)46-26(18)27-35-11-12-44-27)17-24(22-7-5-6-8-23(22)43-4)45-21-13-19-15-33(42,9-10-34)16-20(19)14-21/h5-8,11-12,19-21,24,42H,9,13-17H2,1-4H3,(H,39,40). The number of nitriles is 1. The number of carbonyl (C=O) groups is 1. The molecule has 3 atom stereocenters. The van der Waals surface area contributed by atoms with Crippen LogP contribution < -0.4 is 16.0 Å². The molecule has 0 amide bonds. The van der Waals surface area contributed by atoms with Crippen LogP contribution in [-0.4, -0.2) is 49.1 Å². The molecule has 1 aromatic carbocycles. The van der Waals surface area contributed by atoms with Crippen molar-refractivity contribution in [3.8, 4) is 22.6 Å². The summed E-state index contributed by atoms with van der Waals surface area (Å²) in [4.78, 5) is 45.8. The Morgan fingerprint density at radius 3 is 2.57 bits per heavy atom. The summed E-state index contributed by atoms with van der Waals surface area (Å²) < 4.78 is 20.3. The molecule has 2 aliphatic rings. The number of aliphatic carboxylic acids is 1. The summed E-state index contributed by atoms with van der Waals surface area (Å²) >= 11 is 1.18. The zero-order chi connectivity index (χ0) is 33.0. The molecule has 2 saturated carbocycles. The number of hydrogen-bond acceptors (Lipinski definition) is 10. The fourth-order valence-electron chi connectivity index (χ4n) is 7.30. The fraction of sp³-hybridized carbons (Fsp3) is 0.485. The molecule has 0 spiro atoms. The Balaban J connectivity index is 1.47. The van der Waals surface area contributed by atoms with E-state index in [1.165, 1.54) is 42.2 Å². The van der Waals surface area contributed by atoms with Crippen LogP contribution in [0.1, 0.15) is 63.2 Å². The lowest BCUT2D eigenvalue weighted by molar-refractivity contribution is -0.146. The van der Waals surface area contributed by atoms with Crippen molar-refractivity contribution in [2.45, 2.75) is 82.8 Å². The highest BCUT2D eigenvalue weighted by molar-refractivity contribution is 7.22. The lowest BCUT2D eigenvalue weighted by Crippen LogP contribution is -2.52. The number of nitrogens with zero attached hydrogens (tertiary/aromatic N) is 4. The van der Waals surface area contributed by atoms with Gasteiger partial charge in [0.2, 0.25) is 5.89 Å². The maximum Gasteiger partial charge on any atom is 0.333 e. The third-order valence-electron chi connectivity index (χ3n) is 9.60. The minimum Gasteiger partial charge on any atom is -0.496 e. The minimum atomic E-state index is -1.86. The Hall–Kier alpha value is -4.25. The van der Waals surface area contributed by atoms with Gasteiger partial charge >= 0.3 is 11.7 Å². The van der Waals surface area contributed by atoms with E-state index in [1.54, 1.807) is 20.1 Å². The van der Waals surface area contributed by atoms with Crippen LogP contribution in [0.15, 0.2) is 50.7 Å². The molecule has 0 aliphatic heterocycles. The minimum absolute atomic E-state index is 0.0408. The van der Waals surface area contributed by atoms with E-state index in [2.05, 4.69) is 11.1 Å². The molecule has 3 aromatic heterocycles. The number of methoxy groups -OCH3 is 1. The summed E-state index contributed by atoms with van der Waals surface area (Å²) in [5, 5.41) is 30.4. The number of ether oxygens (including phenoxy) is 2. The van der Waals surface area contributed by atoms with E-state index in [-0.39, 0.29) is 42.2 Å². The van der Waals surface area contributed by atoms with E-state index in [4.69, 9.17) is 13.9 Å². The van der Waals surface area contributed by atoms with Gasteiger partial charge in [-0.25, -0.2) is 19.1 Å². The van der Waals surface area contributed by atoms with Crippen LogP contribution in [0.5, 0.6) is 5.75 Å². The largest absolute Gasteiger partial charge is 0.496 e. The predicted octanol–water partition coefficient (Wildman–Crippen LogP) is 4.61. The summed E-state index contributed by atoms with van der Waals surface area (Å²) in [6, 6.07) is 9.46. The van der Waals surface area contributed by atoms with Crippen molar-refractivity contribution < 1.29 is 28.9 Å². The van der Waals surface area contributed by atoms with Gasteiger partial charge in [0.25, 0.3) is 5.56 Å². The maximum absolute atomic E-state index is 14.3. The van der Waals surface area contributed by atoms with Gasteiger partial charge in [-0.2, -0.15) is 5.26 Å². The quantitative estimate of drug-likeness (QED) is 0.248. The topological polar surface area (TPSA) is 170 Å². The number of aromatic nitrogens is 3. The van der Waals surface area contributed by atoms with E-state index in [1.807, 2.05) is 18.2 Å². The van der Waals surface area contributed by atoms with Crippen LogP contribution in [0.4, 0.5) is 0 Å². The average molecular weight is 649 g/mol. The molecule has 3 heterocycles. The molecule has 2 fully saturated rings. The monoisotopic (exact) mass is 648 g/mol. The number of thiophene rings is 1. The van der Waals surface area contributed by atoms with Crippen LogP contribution in [-0.2, 0) is 21.6 Å². The normalized spacial score (nSPS) is 23.3. The van der Waals surface area contributed by atoms with Crippen LogP contribution in [0.3, 0.4) is 0 Å². The summed E-state index contributed by atoms with van der Waals surface area (Å²) in [5.74, 6) is -0.0759. The van der Waals surface area contributed by atoms with Crippen LogP contribution in [0, 0.1) is 30.1 Å². The molecule has 0 saturated heterocycles. The molecular weight excluding hydrogens is 612 g/mol. The Kier molecular flexibility index (Phi) is 8.16. The van der Waals surface area contributed by atoms with Gasteiger partial charge in [0, 0.05) is 5.56 Å². The zero-order valence-electron chi connectivity index (χ0n) is 26.1. The van der Waals surface area contributed by atoms with E-state index >= 15 is 0 Å². The van der Waals surface area contributed by atoms with Crippen molar-refractivity contribution in [1.29, 1.82) is 5.26 Å². The molecule has 0 radical (unpaired) electrons. The number of aliphatic hydroxyl groups is 1. The first-order valence-electron chi connectivity index (χ1n) is 15.2.